The zero-order valence-corrected chi connectivity index (χ0v) is 16.3. The van der Waals surface area contributed by atoms with Crippen LogP contribution in [-0.2, 0) is 13.3 Å². The van der Waals surface area contributed by atoms with Crippen molar-refractivity contribution in [2.75, 3.05) is 27.9 Å². The van der Waals surface area contributed by atoms with Gasteiger partial charge in [-0.3, -0.25) is 0 Å². The molecule has 136 valence electrons. The third kappa shape index (κ3) is 5.80. The first-order valence-corrected chi connectivity index (χ1v) is 10.1. The molecule has 1 rings (SSSR count). The second kappa shape index (κ2) is 10.8. The van der Waals surface area contributed by atoms with Gasteiger partial charge in [0.2, 0.25) is 0 Å². The predicted molar refractivity (Wildman–Crippen MR) is 101 cm³/mol. The fourth-order valence-electron chi connectivity index (χ4n) is 3.05. The largest absolute Gasteiger partial charge is 0.503 e. The van der Waals surface area contributed by atoms with Gasteiger partial charge in [0.1, 0.15) is 0 Å². The van der Waals surface area contributed by atoms with E-state index in [1.54, 1.807) is 21.3 Å². The summed E-state index contributed by atoms with van der Waals surface area (Å²) in [5, 5.41) is 3.53. The Morgan fingerprint density at radius 1 is 1.17 bits per heavy atom. The van der Waals surface area contributed by atoms with Crippen LogP contribution in [0.25, 0.3) is 0 Å². The molecule has 0 heterocycles. The van der Waals surface area contributed by atoms with Gasteiger partial charge in [0, 0.05) is 32.9 Å². The van der Waals surface area contributed by atoms with Crippen molar-refractivity contribution in [3.8, 4) is 0 Å². The molecule has 0 aliphatic rings. The van der Waals surface area contributed by atoms with Crippen LogP contribution in [0.5, 0.6) is 0 Å². The number of nitrogens with one attached hydrogen (secondary N) is 1. The Kier molecular flexibility index (Phi) is 9.43. The molecule has 1 aromatic carbocycles. The standard InChI is InChI=1S/C18H32N2O3Si/c1-6-18(16-10-8-7-9-11-16)20-13-12-17(14-15(2)19)24(21-3,22-4)23-5/h6-11,15,17-18,20H,1,12-14,19H2,2-5H3. The van der Waals surface area contributed by atoms with Gasteiger partial charge in [-0.25, -0.2) is 0 Å². The first kappa shape index (κ1) is 21.0. The average molecular weight is 353 g/mol. The number of nitrogens with two attached hydrogens (primary N) is 1. The lowest BCUT2D eigenvalue weighted by atomic mass is 10.1. The Bertz CT molecular complexity index is 458. The highest BCUT2D eigenvalue weighted by Crippen LogP contribution is 2.31. The van der Waals surface area contributed by atoms with Crippen LogP contribution >= 0.6 is 0 Å². The molecule has 0 aliphatic carbocycles. The van der Waals surface area contributed by atoms with Crippen LogP contribution in [0.1, 0.15) is 31.4 Å². The van der Waals surface area contributed by atoms with E-state index in [9.17, 15) is 0 Å². The highest BCUT2D eigenvalue weighted by molar-refractivity contribution is 6.62. The van der Waals surface area contributed by atoms with Gasteiger partial charge in [-0.15, -0.1) is 6.58 Å². The number of hydrogen-bond acceptors (Lipinski definition) is 5. The van der Waals surface area contributed by atoms with Gasteiger partial charge in [-0.05, 0) is 31.9 Å². The van der Waals surface area contributed by atoms with Crippen molar-refractivity contribution in [2.24, 2.45) is 5.73 Å². The van der Waals surface area contributed by atoms with Crippen LogP contribution in [0.3, 0.4) is 0 Å². The fourth-order valence-corrected chi connectivity index (χ4v) is 5.71. The van der Waals surface area contributed by atoms with E-state index in [2.05, 4.69) is 24.0 Å². The molecule has 6 heteroatoms. The molecule has 3 N–H and O–H groups in total. The summed E-state index contributed by atoms with van der Waals surface area (Å²) >= 11 is 0. The zero-order valence-electron chi connectivity index (χ0n) is 15.3. The smallest absolute Gasteiger partial charge is 0.377 e. The first-order valence-electron chi connectivity index (χ1n) is 8.34. The average Bonchev–Trinajstić information content (AvgIpc) is 2.60. The molecule has 0 bridgehead atoms. The minimum absolute atomic E-state index is 0.0617. The fraction of sp³-hybridized carbons (Fsp3) is 0.556. The van der Waals surface area contributed by atoms with Crippen molar-refractivity contribution in [2.45, 2.75) is 37.4 Å². The molecule has 0 aromatic heterocycles. The van der Waals surface area contributed by atoms with Gasteiger partial charge < -0.3 is 24.3 Å². The molecule has 0 saturated heterocycles. The molecular weight excluding hydrogens is 320 g/mol. The van der Waals surface area contributed by atoms with Crippen LogP contribution in [0, 0.1) is 0 Å². The lowest BCUT2D eigenvalue weighted by molar-refractivity contribution is 0.107. The Hall–Kier alpha value is -1.02. The lowest BCUT2D eigenvalue weighted by Crippen LogP contribution is -2.49. The van der Waals surface area contributed by atoms with E-state index in [-0.39, 0.29) is 17.6 Å². The van der Waals surface area contributed by atoms with Gasteiger partial charge >= 0.3 is 8.80 Å². The topological polar surface area (TPSA) is 65.7 Å². The second-order valence-electron chi connectivity index (χ2n) is 5.99. The van der Waals surface area contributed by atoms with Gasteiger partial charge in [0.25, 0.3) is 0 Å². The number of hydrogen-bond donors (Lipinski definition) is 2. The molecule has 0 spiro atoms. The van der Waals surface area contributed by atoms with E-state index in [0.29, 0.717) is 0 Å². The van der Waals surface area contributed by atoms with Gasteiger partial charge in [-0.2, -0.15) is 0 Å². The van der Waals surface area contributed by atoms with Crippen LogP contribution in [-0.4, -0.2) is 42.7 Å². The van der Waals surface area contributed by atoms with E-state index in [4.69, 9.17) is 19.0 Å². The molecule has 0 radical (unpaired) electrons. The van der Waals surface area contributed by atoms with Gasteiger partial charge in [0.05, 0.1) is 6.04 Å². The van der Waals surface area contributed by atoms with Crippen LogP contribution in [0.4, 0.5) is 0 Å². The summed E-state index contributed by atoms with van der Waals surface area (Å²) in [5.74, 6) is 0. The Morgan fingerprint density at radius 2 is 1.75 bits per heavy atom. The summed E-state index contributed by atoms with van der Waals surface area (Å²) in [4.78, 5) is 0. The SMILES string of the molecule is C=CC(NCCC(CC(C)N)[Si](OC)(OC)OC)c1ccccc1. The first-order chi connectivity index (χ1) is 11.5. The van der Waals surface area contributed by atoms with Crippen molar-refractivity contribution in [3.63, 3.8) is 0 Å². The summed E-state index contributed by atoms with van der Waals surface area (Å²) in [5.41, 5.74) is 7.37. The van der Waals surface area contributed by atoms with E-state index in [0.717, 1.165) is 19.4 Å². The molecule has 24 heavy (non-hydrogen) atoms. The highest BCUT2D eigenvalue weighted by Gasteiger charge is 2.46. The number of rotatable bonds is 12. The molecule has 0 aliphatic heterocycles. The molecule has 3 atom stereocenters. The van der Waals surface area contributed by atoms with E-state index in [1.165, 1.54) is 5.56 Å². The van der Waals surface area contributed by atoms with Crippen molar-refractivity contribution in [1.82, 2.24) is 5.32 Å². The second-order valence-corrected chi connectivity index (χ2v) is 9.24. The molecule has 1 aromatic rings. The van der Waals surface area contributed by atoms with E-state index >= 15 is 0 Å². The number of benzene rings is 1. The van der Waals surface area contributed by atoms with Crippen molar-refractivity contribution in [1.29, 1.82) is 0 Å². The third-order valence-corrected chi connectivity index (χ3v) is 7.49. The molecule has 5 nitrogen and oxygen atoms in total. The summed E-state index contributed by atoms with van der Waals surface area (Å²) in [6, 6.07) is 10.4. The third-order valence-electron chi connectivity index (χ3n) is 4.26. The van der Waals surface area contributed by atoms with E-state index < -0.39 is 8.80 Å². The maximum atomic E-state index is 6.02. The molecule has 0 amide bonds. The Morgan fingerprint density at radius 3 is 2.21 bits per heavy atom. The minimum atomic E-state index is -2.72. The summed E-state index contributed by atoms with van der Waals surface area (Å²) in [7, 11) is 2.23. The molecule has 0 saturated carbocycles. The summed E-state index contributed by atoms with van der Waals surface area (Å²) < 4.78 is 17.0. The minimum Gasteiger partial charge on any atom is -0.377 e. The van der Waals surface area contributed by atoms with Crippen molar-refractivity contribution >= 4 is 8.80 Å². The molecule has 0 fully saturated rings. The monoisotopic (exact) mass is 352 g/mol. The van der Waals surface area contributed by atoms with Gasteiger partial charge in [0.15, 0.2) is 0 Å². The maximum Gasteiger partial charge on any atom is 0.503 e. The Labute approximate surface area is 147 Å². The van der Waals surface area contributed by atoms with E-state index in [1.807, 2.05) is 31.2 Å². The predicted octanol–water partition coefficient (Wildman–Crippen LogP) is 2.88. The normalized spacial score (nSPS) is 15.7. The van der Waals surface area contributed by atoms with Crippen molar-refractivity contribution in [3.05, 3.63) is 48.6 Å². The van der Waals surface area contributed by atoms with Crippen LogP contribution in [0.15, 0.2) is 43.0 Å². The summed E-state index contributed by atoms with van der Waals surface area (Å²) in [6.45, 7) is 6.73. The molecule has 3 unspecified atom stereocenters. The van der Waals surface area contributed by atoms with Gasteiger partial charge in [-0.1, -0.05) is 36.4 Å². The van der Waals surface area contributed by atoms with Crippen molar-refractivity contribution < 1.29 is 13.3 Å². The zero-order chi connectivity index (χ0) is 18.0. The quantitative estimate of drug-likeness (QED) is 0.447. The van der Waals surface area contributed by atoms with Crippen LogP contribution in [0.2, 0.25) is 5.54 Å². The highest BCUT2D eigenvalue weighted by atomic mass is 28.4. The summed E-state index contributed by atoms with van der Waals surface area (Å²) in [6.07, 6.45) is 3.58. The Balaban J connectivity index is 2.72. The molecular formula is C18H32N2O3Si. The van der Waals surface area contributed by atoms with Crippen LogP contribution < -0.4 is 11.1 Å². The lowest BCUT2D eigenvalue weighted by Gasteiger charge is -2.33. The maximum absolute atomic E-state index is 6.02.